The van der Waals surface area contributed by atoms with E-state index in [1.807, 2.05) is 18.5 Å². The minimum Gasteiger partial charge on any atom is -0.465 e. The Morgan fingerprint density at radius 1 is 1.27 bits per heavy atom. The number of anilines is 1. The van der Waals surface area contributed by atoms with Crippen LogP contribution < -0.4 is 5.32 Å². The summed E-state index contributed by atoms with van der Waals surface area (Å²) in [6.45, 7) is 4.42. The number of benzene rings is 1. The fourth-order valence-electron chi connectivity index (χ4n) is 2.74. The molecule has 0 spiro atoms. The number of methoxy groups -OCH3 is 1. The molecule has 0 saturated carbocycles. The summed E-state index contributed by atoms with van der Waals surface area (Å²) in [6.07, 6.45) is 1.31. The van der Waals surface area contributed by atoms with Gasteiger partial charge in [0.15, 0.2) is 0 Å². The number of aromatic nitrogens is 2. The van der Waals surface area contributed by atoms with Crippen molar-refractivity contribution in [2.75, 3.05) is 12.4 Å². The van der Waals surface area contributed by atoms with Crippen LogP contribution >= 0.6 is 0 Å². The Labute approximate surface area is 152 Å². The van der Waals surface area contributed by atoms with Crippen LogP contribution in [0.25, 0.3) is 0 Å². The SMILES string of the molecule is COC(=O)c1ccc(NC(=O)CCc2c(C)nn(CCC#N)c2C)cc1. The van der Waals surface area contributed by atoms with Crippen molar-refractivity contribution >= 4 is 17.6 Å². The number of rotatable bonds is 7. The molecule has 0 unspecified atom stereocenters. The summed E-state index contributed by atoms with van der Waals surface area (Å²) in [5.74, 6) is -0.526. The third kappa shape index (κ3) is 4.70. The van der Waals surface area contributed by atoms with Crippen LogP contribution in [0.15, 0.2) is 24.3 Å². The van der Waals surface area contributed by atoms with E-state index in [0.29, 0.717) is 37.1 Å². The lowest BCUT2D eigenvalue weighted by Crippen LogP contribution is -2.13. The molecule has 1 N–H and O–H groups in total. The van der Waals surface area contributed by atoms with Crippen LogP contribution in [0.5, 0.6) is 0 Å². The summed E-state index contributed by atoms with van der Waals surface area (Å²) < 4.78 is 6.46. The maximum Gasteiger partial charge on any atom is 0.337 e. The summed E-state index contributed by atoms with van der Waals surface area (Å²) >= 11 is 0. The van der Waals surface area contributed by atoms with E-state index in [2.05, 4.69) is 21.2 Å². The summed E-state index contributed by atoms with van der Waals surface area (Å²) in [6, 6.07) is 8.66. The maximum atomic E-state index is 12.2. The highest BCUT2D eigenvalue weighted by molar-refractivity contribution is 5.93. The topological polar surface area (TPSA) is 97.0 Å². The van der Waals surface area contributed by atoms with Gasteiger partial charge in [-0.2, -0.15) is 10.4 Å². The molecule has 0 fully saturated rings. The van der Waals surface area contributed by atoms with E-state index in [9.17, 15) is 9.59 Å². The van der Waals surface area contributed by atoms with Crippen molar-refractivity contribution < 1.29 is 14.3 Å². The molecule has 26 heavy (non-hydrogen) atoms. The predicted octanol–water partition coefficient (Wildman–Crippen LogP) is 2.77. The first-order valence-corrected chi connectivity index (χ1v) is 8.34. The largest absolute Gasteiger partial charge is 0.465 e. The van der Waals surface area contributed by atoms with Crippen LogP contribution in [0, 0.1) is 25.2 Å². The molecule has 0 bridgehead atoms. The summed E-state index contributed by atoms with van der Waals surface area (Å²) in [7, 11) is 1.32. The highest BCUT2D eigenvalue weighted by Gasteiger charge is 2.13. The zero-order valence-corrected chi connectivity index (χ0v) is 15.2. The number of hydrogen-bond donors (Lipinski definition) is 1. The lowest BCUT2D eigenvalue weighted by atomic mass is 10.1. The van der Waals surface area contributed by atoms with Gasteiger partial charge in [0.25, 0.3) is 0 Å². The van der Waals surface area contributed by atoms with Gasteiger partial charge in [-0.15, -0.1) is 0 Å². The van der Waals surface area contributed by atoms with E-state index in [1.54, 1.807) is 24.3 Å². The number of carbonyl (C=O) groups excluding carboxylic acids is 2. The van der Waals surface area contributed by atoms with Gasteiger partial charge in [-0.1, -0.05) is 0 Å². The Morgan fingerprint density at radius 2 is 1.96 bits per heavy atom. The van der Waals surface area contributed by atoms with Crippen LogP contribution in [-0.4, -0.2) is 28.8 Å². The normalized spacial score (nSPS) is 10.2. The van der Waals surface area contributed by atoms with Gasteiger partial charge in [0, 0.05) is 17.8 Å². The molecule has 2 aromatic rings. The molecule has 1 aromatic carbocycles. The number of ether oxygens (including phenoxy) is 1. The maximum absolute atomic E-state index is 12.2. The van der Waals surface area contributed by atoms with E-state index >= 15 is 0 Å². The molecular formula is C19H22N4O3. The van der Waals surface area contributed by atoms with Crippen molar-refractivity contribution in [1.82, 2.24) is 9.78 Å². The second-order valence-corrected chi connectivity index (χ2v) is 5.90. The second-order valence-electron chi connectivity index (χ2n) is 5.90. The van der Waals surface area contributed by atoms with Crippen molar-refractivity contribution in [2.24, 2.45) is 0 Å². The highest BCUT2D eigenvalue weighted by atomic mass is 16.5. The number of amides is 1. The number of hydrogen-bond acceptors (Lipinski definition) is 5. The number of esters is 1. The number of nitrogens with one attached hydrogen (secondary N) is 1. The Kier molecular flexibility index (Phi) is 6.50. The molecule has 1 aromatic heterocycles. The molecule has 0 atom stereocenters. The Morgan fingerprint density at radius 3 is 2.58 bits per heavy atom. The van der Waals surface area contributed by atoms with Crippen molar-refractivity contribution in [1.29, 1.82) is 5.26 Å². The molecule has 2 rings (SSSR count). The fourth-order valence-corrected chi connectivity index (χ4v) is 2.74. The van der Waals surface area contributed by atoms with Gasteiger partial charge in [-0.25, -0.2) is 4.79 Å². The number of nitriles is 1. The smallest absolute Gasteiger partial charge is 0.337 e. The highest BCUT2D eigenvalue weighted by Crippen LogP contribution is 2.17. The zero-order chi connectivity index (χ0) is 19.1. The zero-order valence-electron chi connectivity index (χ0n) is 15.2. The van der Waals surface area contributed by atoms with Gasteiger partial charge >= 0.3 is 5.97 Å². The third-order valence-electron chi connectivity index (χ3n) is 4.16. The van der Waals surface area contributed by atoms with E-state index < -0.39 is 5.97 Å². The molecule has 0 aliphatic heterocycles. The summed E-state index contributed by atoms with van der Waals surface area (Å²) in [5, 5.41) is 16.0. The van der Waals surface area contributed by atoms with E-state index in [4.69, 9.17) is 5.26 Å². The monoisotopic (exact) mass is 354 g/mol. The minimum atomic E-state index is -0.415. The van der Waals surface area contributed by atoms with E-state index in [0.717, 1.165) is 17.0 Å². The summed E-state index contributed by atoms with van der Waals surface area (Å²) in [5.41, 5.74) is 3.98. The molecule has 1 heterocycles. The van der Waals surface area contributed by atoms with Gasteiger partial charge in [0.05, 0.1) is 37.4 Å². The van der Waals surface area contributed by atoms with Crippen molar-refractivity contribution in [3.63, 3.8) is 0 Å². The van der Waals surface area contributed by atoms with Crippen LogP contribution in [0.2, 0.25) is 0 Å². The van der Waals surface area contributed by atoms with E-state index in [-0.39, 0.29) is 5.91 Å². The number of carbonyl (C=O) groups is 2. The average Bonchev–Trinajstić information content (AvgIpc) is 2.91. The molecule has 1 amide bonds. The first-order chi connectivity index (χ1) is 12.5. The van der Waals surface area contributed by atoms with Gasteiger partial charge in [0.2, 0.25) is 5.91 Å². The van der Waals surface area contributed by atoms with Crippen LogP contribution in [0.1, 0.15) is 40.2 Å². The van der Waals surface area contributed by atoms with Crippen molar-refractivity contribution in [3.05, 3.63) is 46.8 Å². The minimum absolute atomic E-state index is 0.112. The van der Waals surface area contributed by atoms with Gasteiger partial charge < -0.3 is 10.1 Å². The molecule has 136 valence electrons. The van der Waals surface area contributed by atoms with Crippen LogP contribution in [0.3, 0.4) is 0 Å². The van der Waals surface area contributed by atoms with Crippen molar-refractivity contribution in [3.8, 4) is 6.07 Å². The van der Waals surface area contributed by atoms with E-state index in [1.165, 1.54) is 7.11 Å². The molecule has 0 saturated heterocycles. The molecule has 0 aliphatic carbocycles. The molecule has 0 radical (unpaired) electrons. The average molecular weight is 354 g/mol. The Hall–Kier alpha value is -3.14. The molecule has 0 aliphatic rings. The Balaban J connectivity index is 1.94. The second kappa shape index (κ2) is 8.81. The molecule has 7 heteroatoms. The molecule has 7 nitrogen and oxygen atoms in total. The van der Waals surface area contributed by atoms with Gasteiger partial charge in [-0.3, -0.25) is 9.48 Å². The number of aryl methyl sites for hydroxylation is 2. The van der Waals surface area contributed by atoms with Gasteiger partial charge in [0.1, 0.15) is 0 Å². The van der Waals surface area contributed by atoms with Crippen molar-refractivity contribution in [2.45, 2.75) is 39.7 Å². The van der Waals surface area contributed by atoms with Crippen LogP contribution in [0.4, 0.5) is 5.69 Å². The number of nitrogens with zero attached hydrogens (tertiary/aromatic N) is 3. The summed E-state index contributed by atoms with van der Waals surface area (Å²) in [4.78, 5) is 23.6. The Bertz CT molecular complexity index is 832. The lowest BCUT2D eigenvalue weighted by molar-refractivity contribution is -0.116. The fraction of sp³-hybridized carbons (Fsp3) is 0.368. The standard InChI is InChI=1S/C19H22N4O3/c1-13-17(14(2)23(22-13)12-4-11-20)9-10-18(24)21-16-7-5-15(6-8-16)19(25)26-3/h5-8H,4,9-10,12H2,1-3H3,(H,21,24). The van der Waals surface area contributed by atoms with Gasteiger partial charge in [-0.05, 0) is 50.1 Å². The first kappa shape index (κ1) is 19.2. The molecular weight excluding hydrogens is 332 g/mol. The third-order valence-corrected chi connectivity index (χ3v) is 4.16. The quantitative estimate of drug-likeness (QED) is 0.771. The first-order valence-electron chi connectivity index (χ1n) is 8.34. The predicted molar refractivity (Wildman–Crippen MR) is 96.7 cm³/mol. The lowest BCUT2D eigenvalue weighted by Gasteiger charge is -2.07. The van der Waals surface area contributed by atoms with Crippen LogP contribution in [-0.2, 0) is 22.5 Å².